The Bertz CT molecular complexity index is 812. The first-order valence-electron chi connectivity index (χ1n) is 9.48. The highest BCUT2D eigenvalue weighted by Gasteiger charge is 2.29. The van der Waals surface area contributed by atoms with Gasteiger partial charge in [-0.15, -0.1) is 11.3 Å². The van der Waals surface area contributed by atoms with Crippen molar-refractivity contribution in [3.63, 3.8) is 0 Å². The predicted octanol–water partition coefficient (Wildman–Crippen LogP) is 4.18. The van der Waals surface area contributed by atoms with Gasteiger partial charge in [-0.25, -0.2) is 9.78 Å². The lowest BCUT2D eigenvalue weighted by molar-refractivity contribution is -0.150. The molecule has 0 aliphatic heterocycles. The first-order chi connectivity index (χ1) is 12.9. The van der Waals surface area contributed by atoms with E-state index in [0.29, 0.717) is 11.8 Å². The minimum absolute atomic E-state index is 0.153. The van der Waals surface area contributed by atoms with Crippen molar-refractivity contribution in [2.45, 2.75) is 52.2 Å². The molecule has 144 valence electrons. The normalized spacial score (nSPS) is 24.0. The second-order valence-electron chi connectivity index (χ2n) is 7.31. The number of rotatable bonds is 5. The third-order valence-corrected chi connectivity index (χ3v) is 6.37. The SMILES string of the molecule is C[C@@H]1[C@@H](C)CCC[C@H]1NC(=O)[C@@H](C)OC(=O)/C=C/c1nc2ccccc2s1. The zero-order chi connectivity index (χ0) is 19.4. The Kier molecular flexibility index (Phi) is 6.26. The van der Waals surface area contributed by atoms with E-state index in [9.17, 15) is 9.59 Å². The van der Waals surface area contributed by atoms with E-state index in [4.69, 9.17) is 4.74 Å². The smallest absolute Gasteiger partial charge is 0.331 e. The van der Waals surface area contributed by atoms with E-state index in [1.807, 2.05) is 24.3 Å². The number of amides is 1. The zero-order valence-corrected chi connectivity index (χ0v) is 16.8. The second-order valence-corrected chi connectivity index (χ2v) is 8.38. The summed E-state index contributed by atoms with van der Waals surface area (Å²) in [5, 5.41) is 3.78. The first-order valence-corrected chi connectivity index (χ1v) is 10.3. The fourth-order valence-corrected chi connectivity index (χ4v) is 4.32. The second kappa shape index (κ2) is 8.65. The zero-order valence-electron chi connectivity index (χ0n) is 16.0. The number of ether oxygens (including phenoxy) is 1. The number of carbonyl (C=O) groups is 2. The number of thiazole rings is 1. The van der Waals surface area contributed by atoms with Gasteiger partial charge in [0.15, 0.2) is 6.10 Å². The molecule has 2 aromatic rings. The average Bonchev–Trinajstić information content (AvgIpc) is 3.06. The van der Waals surface area contributed by atoms with Crippen molar-refractivity contribution in [3.05, 3.63) is 35.3 Å². The van der Waals surface area contributed by atoms with Gasteiger partial charge in [0, 0.05) is 12.1 Å². The lowest BCUT2D eigenvalue weighted by atomic mass is 9.78. The van der Waals surface area contributed by atoms with Crippen LogP contribution >= 0.6 is 11.3 Å². The molecule has 27 heavy (non-hydrogen) atoms. The number of hydrogen-bond acceptors (Lipinski definition) is 5. The van der Waals surface area contributed by atoms with E-state index in [0.717, 1.165) is 28.1 Å². The van der Waals surface area contributed by atoms with Gasteiger partial charge >= 0.3 is 5.97 Å². The molecule has 5 nitrogen and oxygen atoms in total. The Balaban J connectivity index is 1.52. The predicted molar refractivity (Wildman–Crippen MR) is 108 cm³/mol. The van der Waals surface area contributed by atoms with Crippen LogP contribution in [0.25, 0.3) is 16.3 Å². The molecular formula is C21H26N2O3S. The average molecular weight is 387 g/mol. The van der Waals surface area contributed by atoms with Crippen molar-refractivity contribution in [1.82, 2.24) is 10.3 Å². The summed E-state index contributed by atoms with van der Waals surface area (Å²) >= 11 is 1.50. The van der Waals surface area contributed by atoms with E-state index in [1.165, 1.54) is 23.8 Å². The maximum Gasteiger partial charge on any atom is 0.331 e. The fraction of sp³-hybridized carbons (Fsp3) is 0.476. The Morgan fingerprint density at radius 1 is 1.30 bits per heavy atom. The largest absolute Gasteiger partial charge is 0.449 e. The molecule has 1 aromatic carbocycles. The number of carbonyl (C=O) groups excluding carboxylic acids is 2. The highest BCUT2D eigenvalue weighted by atomic mass is 32.1. The number of benzene rings is 1. The molecular weight excluding hydrogens is 360 g/mol. The number of nitrogens with one attached hydrogen (secondary N) is 1. The highest BCUT2D eigenvalue weighted by Crippen LogP contribution is 2.29. The molecule has 1 aliphatic rings. The first kappa shape index (κ1) is 19.5. The molecule has 1 saturated carbocycles. The van der Waals surface area contributed by atoms with Gasteiger partial charge in [0.05, 0.1) is 10.2 Å². The topological polar surface area (TPSA) is 68.3 Å². The summed E-state index contributed by atoms with van der Waals surface area (Å²) in [4.78, 5) is 28.8. The van der Waals surface area contributed by atoms with Crippen molar-refractivity contribution < 1.29 is 14.3 Å². The Labute approximate surface area is 163 Å². The molecule has 0 spiro atoms. The molecule has 0 radical (unpaired) electrons. The monoisotopic (exact) mass is 386 g/mol. The van der Waals surface area contributed by atoms with E-state index in [-0.39, 0.29) is 11.9 Å². The molecule has 0 saturated heterocycles. The van der Waals surface area contributed by atoms with Crippen LogP contribution in [0, 0.1) is 11.8 Å². The lowest BCUT2D eigenvalue weighted by Crippen LogP contribution is -2.47. The standard InChI is InChI=1S/C21H26N2O3S/c1-13-7-6-9-16(14(13)2)23-21(25)15(3)26-20(24)12-11-19-22-17-8-4-5-10-18(17)27-19/h4-5,8,10-16H,6-7,9H2,1-3H3,(H,23,25)/b12-11+/t13-,14+,15+,16+/m0/s1. The Morgan fingerprint density at radius 2 is 2.07 bits per heavy atom. The number of nitrogens with zero attached hydrogens (tertiary/aromatic N) is 1. The maximum absolute atomic E-state index is 12.4. The summed E-state index contributed by atoms with van der Waals surface area (Å²) in [6, 6.07) is 7.96. The van der Waals surface area contributed by atoms with Gasteiger partial charge in [-0.2, -0.15) is 0 Å². The van der Waals surface area contributed by atoms with Crippen molar-refractivity contribution in [2.24, 2.45) is 11.8 Å². The molecule has 1 heterocycles. The van der Waals surface area contributed by atoms with Gasteiger partial charge < -0.3 is 10.1 Å². The quantitative estimate of drug-likeness (QED) is 0.618. The van der Waals surface area contributed by atoms with Crippen molar-refractivity contribution in [3.8, 4) is 0 Å². The van der Waals surface area contributed by atoms with E-state index in [1.54, 1.807) is 13.0 Å². The minimum Gasteiger partial charge on any atom is -0.449 e. The van der Waals surface area contributed by atoms with Crippen LogP contribution in [0.15, 0.2) is 30.3 Å². The Morgan fingerprint density at radius 3 is 2.85 bits per heavy atom. The van der Waals surface area contributed by atoms with Crippen LogP contribution in [0.5, 0.6) is 0 Å². The van der Waals surface area contributed by atoms with Crippen LogP contribution in [0.4, 0.5) is 0 Å². The summed E-state index contributed by atoms with van der Waals surface area (Å²) in [5.74, 6) is 0.257. The molecule has 1 amide bonds. The molecule has 3 rings (SSSR count). The van der Waals surface area contributed by atoms with Crippen molar-refractivity contribution in [1.29, 1.82) is 0 Å². The van der Waals surface area contributed by atoms with Gasteiger partial charge in [-0.3, -0.25) is 4.79 Å². The summed E-state index contributed by atoms with van der Waals surface area (Å²) in [6.07, 6.45) is 5.44. The summed E-state index contributed by atoms with van der Waals surface area (Å²) < 4.78 is 6.31. The molecule has 6 heteroatoms. The number of esters is 1. The number of hydrogen-bond donors (Lipinski definition) is 1. The van der Waals surface area contributed by atoms with Gasteiger partial charge in [0.25, 0.3) is 5.91 Å². The van der Waals surface area contributed by atoms with Gasteiger partial charge in [0.2, 0.25) is 0 Å². The molecule has 0 unspecified atom stereocenters. The third-order valence-electron chi connectivity index (χ3n) is 5.37. The van der Waals surface area contributed by atoms with Crippen LogP contribution in [0.2, 0.25) is 0 Å². The van der Waals surface area contributed by atoms with Gasteiger partial charge in [-0.05, 0) is 43.4 Å². The molecule has 0 bridgehead atoms. The van der Waals surface area contributed by atoms with Crippen LogP contribution in [0.1, 0.15) is 45.0 Å². The number of aromatic nitrogens is 1. The lowest BCUT2D eigenvalue weighted by Gasteiger charge is -2.35. The van der Waals surface area contributed by atoms with Crippen LogP contribution in [0.3, 0.4) is 0 Å². The minimum atomic E-state index is -0.818. The highest BCUT2D eigenvalue weighted by molar-refractivity contribution is 7.19. The summed E-state index contributed by atoms with van der Waals surface area (Å²) in [5.41, 5.74) is 0.902. The molecule has 4 atom stereocenters. The van der Waals surface area contributed by atoms with E-state index in [2.05, 4.69) is 24.1 Å². The van der Waals surface area contributed by atoms with Crippen molar-refractivity contribution >= 4 is 39.5 Å². The van der Waals surface area contributed by atoms with Gasteiger partial charge in [0.1, 0.15) is 5.01 Å². The summed E-state index contributed by atoms with van der Waals surface area (Å²) in [6.45, 7) is 6.00. The molecule has 1 N–H and O–H groups in total. The number of para-hydroxylation sites is 1. The molecule has 1 aromatic heterocycles. The maximum atomic E-state index is 12.4. The van der Waals surface area contributed by atoms with E-state index >= 15 is 0 Å². The fourth-order valence-electron chi connectivity index (χ4n) is 3.45. The van der Waals surface area contributed by atoms with E-state index < -0.39 is 12.1 Å². The summed E-state index contributed by atoms with van der Waals surface area (Å²) in [7, 11) is 0. The molecule has 1 fully saturated rings. The third kappa shape index (κ3) is 4.95. The van der Waals surface area contributed by atoms with Crippen molar-refractivity contribution in [2.75, 3.05) is 0 Å². The number of fused-ring (bicyclic) bond motifs is 1. The molecule has 1 aliphatic carbocycles. The van der Waals surface area contributed by atoms with Crippen LogP contribution in [-0.2, 0) is 14.3 Å². The van der Waals surface area contributed by atoms with Crippen LogP contribution in [-0.4, -0.2) is 29.0 Å². The van der Waals surface area contributed by atoms with Gasteiger partial charge in [-0.1, -0.05) is 38.8 Å². The Hall–Kier alpha value is -2.21. The van der Waals surface area contributed by atoms with Crippen LogP contribution < -0.4 is 5.32 Å².